The number of halogens is 1. The van der Waals surface area contributed by atoms with Crippen molar-refractivity contribution < 1.29 is 23.8 Å². The fourth-order valence-electron chi connectivity index (χ4n) is 3.61. The number of benzene rings is 2. The Bertz CT molecular complexity index is 1020. The Morgan fingerprint density at radius 3 is 2.76 bits per heavy atom. The molecule has 0 amide bonds. The summed E-state index contributed by atoms with van der Waals surface area (Å²) in [5, 5.41) is 9.34. The van der Waals surface area contributed by atoms with Crippen LogP contribution in [0.1, 0.15) is 40.2 Å². The number of aromatic nitrogens is 1. The SMILES string of the molecule is O=C(O)c1ccncc1CCC1CCOc2cc(Oc3ccc(F)cc3)ccc21. The van der Waals surface area contributed by atoms with Crippen molar-refractivity contribution in [2.45, 2.75) is 25.2 Å². The summed E-state index contributed by atoms with van der Waals surface area (Å²) < 4.78 is 24.7. The first kappa shape index (κ1) is 18.9. The molecule has 29 heavy (non-hydrogen) atoms. The van der Waals surface area contributed by atoms with Crippen LogP contribution >= 0.6 is 0 Å². The average Bonchev–Trinajstić information content (AvgIpc) is 2.74. The zero-order valence-corrected chi connectivity index (χ0v) is 15.7. The maximum Gasteiger partial charge on any atom is 0.336 e. The molecule has 0 fully saturated rings. The van der Waals surface area contributed by atoms with Crippen molar-refractivity contribution in [3.63, 3.8) is 0 Å². The van der Waals surface area contributed by atoms with Crippen molar-refractivity contribution >= 4 is 5.97 Å². The van der Waals surface area contributed by atoms with Crippen LogP contribution in [0.4, 0.5) is 4.39 Å². The number of ether oxygens (including phenoxy) is 2. The average molecular weight is 393 g/mol. The summed E-state index contributed by atoms with van der Waals surface area (Å²) in [6.07, 6.45) is 5.43. The van der Waals surface area contributed by atoms with Gasteiger partial charge in [0.15, 0.2) is 0 Å². The molecule has 2 heterocycles. The Morgan fingerprint density at radius 1 is 1.17 bits per heavy atom. The van der Waals surface area contributed by atoms with Gasteiger partial charge in [0.05, 0.1) is 12.2 Å². The van der Waals surface area contributed by atoms with E-state index in [9.17, 15) is 14.3 Å². The largest absolute Gasteiger partial charge is 0.493 e. The lowest BCUT2D eigenvalue weighted by molar-refractivity contribution is 0.0695. The molecule has 148 valence electrons. The van der Waals surface area contributed by atoms with E-state index in [0.717, 1.165) is 29.7 Å². The highest BCUT2D eigenvalue weighted by Gasteiger charge is 2.23. The van der Waals surface area contributed by atoms with Crippen LogP contribution in [0.3, 0.4) is 0 Å². The molecule has 0 bridgehead atoms. The second kappa shape index (κ2) is 8.31. The number of carboxylic acid groups (broad SMARTS) is 1. The van der Waals surface area contributed by atoms with Crippen LogP contribution < -0.4 is 9.47 Å². The van der Waals surface area contributed by atoms with Gasteiger partial charge in [-0.1, -0.05) is 6.07 Å². The molecule has 3 aromatic rings. The highest BCUT2D eigenvalue weighted by molar-refractivity contribution is 5.89. The number of nitrogens with zero attached hydrogens (tertiary/aromatic N) is 1. The quantitative estimate of drug-likeness (QED) is 0.623. The first-order valence-corrected chi connectivity index (χ1v) is 9.46. The van der Waals surface area contributed by atoms with Crippen molar-refractivity contribution in [2.75, 3.05) is 6.61 Å². The number of rotatable bonds is 6. The molecule has 0 radical (unpaired) electrons. The fourth-order valence-corrected chi connectivity index (χ4v) is 3.61. The van der Waals surface area contributed by atoms with Gasteiger partial charge >= 0.3 is 5.97 Å². The van der Waals surface area contributed by atoms with Crippen LogP contribution in [-0.4, -0.2) is 22.7 Å². The predicted octanol–water partition coefficient (Wildman–Crippen LogP) is 5.21. The van der Waals surface area contributed by atoms with Crippen molar-refractivity contribution in [3.05, 3.63) is 83.4 Å². The van der Waals surface area contributed by atoms with Crippen LogP contribution in [0.5, 0.6) is 17.2 Å². The number of carboxylic acids is 1. The van der Waals surface area contributed by atoms with Gasteiger partial charge in [0.2, 0.25) is 0 Å². The van der Waals surface area contributed by atoms with Gasteiger partial charge in [-0.05, 0) is 72.7 Å². The summed E-state index contributed by atoms with van der Waals surface area (Å²) in [5.74, 6) is 0.963. The maximum atomic E-state index is 13.0. The van der Waals surface area contributed by atoms with Gasteiger partial charge < -0.3 is 14.6 Å². The molecular weight excluding hydrogens is 373 g/mol. The molecule has 1 aliphatic rings. The van der Waals surface area contributed by atoms with Crippen LogP contribution in [0.25, 0.3) is 0 Å². The second-order valence-electron chi connectivity index (χ2n) is 6.97. The molecule has 1 aromatic heterocycles. The molecule has 6 heteroatoms. The van der Waals surface area contributed by atoms with E-state index in [1.54, 1.807) is 18.3 Å². The standard InChI is InChI=1S/C23H20FNO4/c24-17-3-5-18(6-4-17)29-19-7-8-20-15(10-12-28-22(20)13-19)1-2-16-14-25-11-9-21(16)23(26)27/h3-9,11,13-15H,1-2,10,12H2,(H,26,27). The third kappa shape index (κ3) is 4.37. The van der Waals surface area contributed by atoms with Crippen molar-refractivity contribution in [1.29, 1.82) is 0 Å². The smallest absolute Gasteiger partial charge is 0.336 e. The Morgan fingerprint density at radius 2 is 1.97 bits per heavy atom. The van der Waals surface area contributed by atoms with E-state index in [1.807, 2.05) is 18.2 Å². The number of aromatic carboxylic acids is 1. The minimum Gasteiger partial charge on any atom is -0.493 e. The molecule has 5 nitrogen and oxygen atoms in total. The molecule has 1 N–H and O–H groups in total. The minimum absolute atomic E-state index is 0.264. The molecule has 1 aliphatic heterocycles. The first-order chi connectivity index (χ1) is 14.1. The molecular formula is C23H20FNO4. The van der Waals surface area contributed by atoms with Gasteiger partial charge in [-0.3, -0.25) is 4.98 Å². The Labute approximate surface area is 167 Å². The molecule has 1 unspecified atom stereocenters. The monoisotopic (exact) mass is 393 g/mol. The summed E-state index contributed by atoms with van der Waals surface area (Å²) in [7, 11) is 0. The zero-order valence-electron chi connectivity index (χ0n) is 15.7. The second-order valence-corrected chi connectivity index (χ2v) is 6.97. The summed E-state index contributed by atoms with van der Waals surface area (Å²) in [6, 6.07) is 13.1. The Balaban J connectivity index is 1.48. The molecule has 0 saturated heterocycles. The number of pyridine rings is 1. The van der Waals surface area contributed by atoms with Gasteiger partial charge in [-0.2, -0.15) is 0 Å². The number of aryl methyl sites for hydroxylation is 1. The summed E-state index contributed by atoms with van der Waals surface area (Å²) in [5.41, 5.74) is 2.13. The van der Waals surface area contributed by atoms with E-state index in [2.05, 4.69) is 4.98 Å². The first-order valence-electron chi connectivity index (χ1n) is 9.46. The Kier molecular flexibility index (Phi) is 5.42. The van der Waals surface area contributed by atoms with Gasteiger partial charge in [0, 0.05) is 18.5 Å². The topological polar surface area (TPSA) is 68.7 Å². The van der Waals surface area contributed by atoms with Gasteiger partial charge in [-0.15, -0.1) is 0 Å². The third-order valence-electron chi connectivity index (χ3n) is 5.09. The summed E-state index contributed by atoms with van der Waals surface area (Å²) >= 11 is 0. The number of hydrogen-bond acceptors (Lipinski definition) is 4. The van der Waals surface area contributed by atoms with E-state index in [-0.39, 0.29) is 11.7 Å². The maximum absolute atomic E-state index is 13.0. The highest BCUT2D eigenvalue weighted by Crippen LogP contribution is 2.39. The van der Waals surface area contributed by atoms with E-state index < -0.39 is 5.97 Å². The zero-order chi connectivity index (χ0) is 20.2. The van der Waals surface area contributed by atoms with Crippen LogP contribution in [0, 0.1) is 5.82 Å². The van der Waals surface area contributed by atoms with Crippen molar-refractivity contribution in [3.8, 4) is 17.2 Å². The van der Waals surface area contributed by atoms with E-state index >= 15 is 0 Å². The lowest BCUT2D eigenvalue weighted by Crippen LogP contribution is -2.15. The summed E-state index contributed by atoms with van der Waals surface area (Å²) in [4.78, 5) is 15.5. The summed E-state index contributed by atoms with van der Waals surface area (Å²) in [6.45, 7) is 0.594. The van der Waals surface area contributed by atoms with E-state index in [1.165, 1.54) is 24.4 Å². The van der Waals surface area contributed by atoms with Crippen LogP contribution in [0.15, 0.2) is 60.9 Å². The lowest BCUT2D eigenvalue weighted by Gasteiger charge is -2.26. The number of fused-ring (bicyclic) bond motifs is 1. The Hall–Kier alpha value is -3.41. The van der Waals surface area contributed by atoms with Crippen LogP contribution in [-0.2, 0) is 6.42 Å². The number of carbonyl (C=O) groups is 1. The van der Waals surface area contributed by atoms with Crippen molar-refractivity contribution in [2.24, 2.45) is 0 Å². The highest BCUT2D eigenvalue weighted by atomic mass is 19.1. The van der Waals surface area contributed by atoms with Gasteiger partial charge in [0.25, 0.3) is 0 Å². The number of hydrogen-bond donors (Lipinski definition) is 1. The molecule has 1 atom stereocenters. The van der Waals surface area contributed by atoms with Gasteiger partial charge in [0.1, 0.15) is 23.1 Å². The van der Waals surface area contributed by atoms with E-state index in [0.29, 0.717) is 30.1 Å². The molecule has 4 rings (SSSR count). The van der Waals surface area contributed by atoms with Crippen molar-refractivity contribution in [1.82, 2.24) is 4.98 Å². The minimum atomic E-state index is -0.933. The molecule has 0 saturated carbocycles. The van der Waals surface area contributed by atoms with Gasteiger partial charge in [-0.25, -0.2) is 9.18 Å². The predicted molar refractivity (Wildman–Crippen MR) is 105 cm³/mol. The third-order valence-corrected chi connectivity index (χ3v) is 5.09. The normalized spacial score (nSPS) is 15.3. The fraction of sp³-hybridized carbons (Fsp3) is 0.217. The molecule has 2 aromatic carbocycles. The molecule has 0 spiro atoms. The molecule has 0 aliphatic carbocycles. The lowest BCUT2D eigenvalue weighted by atomic mass is 9.87. The van der Waals surface area contributed by atoms with E-state index in [4.69, 9.17) is 9.47 Å². The van der Waals surface area contributed by atoms with Crippen LogP contribution in [0.2, 0.25) is 0 Å².